The predicted octanol–water partition coefficient (Wildman–Crippen LogP) is 24.6. The van der Waals surface area contributed by atoms with E-state index in [9.17, 15) is 0 Å². The zero-order valence-electron chi connectivity index (χ0n) is 56.0. The number of anilines is 9. The van der Waals surface area contributed by atoms with Crippen LogP contribution in [0.5, 0.6) is 0 Å². The molecule has 476 valence electrons. The van der Waals surface area contributed by atoms with E-state index >= 15 is 0 Å². The molecule has 18 aromatic rings. The molecule has 0 spiro atoms. The van der Waals surface area contributed by atoms with Crippen LogP contribution in [0.2, 0.25) is 0 Å². The quantitative estimate of drug-likeness (QED) is 0.128. The molecule has 0 aliphatic carbocycles. The lowest BCUT2D eigenvalue weighted by atomic mass is 9.33. The zero-order valence-corrected chi connectivity index (χ0v) is 56.8. The minimum Gasteiger partial charge on any atom is -0.454 e. The largest absolute Gasteiger partial charge is 0.454 e. The maximum absolute atomic E-state index is 7.73. The van der Waals surface area contributed by atoms with E-state index in [1.807, 2.05) is 11.3 Å². The Morgan fingerprint density at radius 2 is 0.901 bits per heavy atom. The molecule has 20 rings (SSSR count). The second kappa shape index (κ2) is 23.1. The summed E-state index contributed by atoms with van der Waals surface area (Å²) in [4.78, 5) is 7.69. The van der Waals surface area contributed by atoms with Crippen molar-refractivity contribution >= 4 is 150 Å². The molecule has 5 nitrogen and oxygen atoms in total. The summed E-state index contributed by atoms with van der Waals surface area (Å²) in [6, 6.07) is 126. The van der Waals surface area contributed by atoms with Crippen molar-refractivity contribution in [3.63, 3.8) is 0 Å². The lowest BCUT2D eigenvalue weighted by Crippen LogP contribution is -2.61. The number of para-hydroxylation sites is 4. The van der Waals surface area contributed by atoms with E-state index in [-0.39, 0.29) is 12.1 Å². The Balaban J connectivity index is 0.972. The van der Waals surface area contributed by atoms with Crippen LogP contribution < -0.4 is 31.1 Å². The van der Waals surface area contributed by atoms with Crippen molar-refractivity contribution in [3.05, 3.63) is 345 Å². The van der Waals surface area contributed by atoms with Crippen LogP contribution in [0.25, 0.3) is 114 Å². The van der Waals surface area contributed by atoms with Crippen molar-refractivity contribution in [2.24, 2.45) is 0 Å². The molecule has 0 bridgehead atoms. The second-order valence-electron chi connectivity index (χ2n) is 27.9. The highest BCUT2D eigenvalue weighted by atomic mass is 32.1. The van der Waals surface area contributed by atoms with Crippen LogP contribution in [0.15, 0.2) is 344 Å². The number of nitrogens with zero attached hydrogens (tertiary/aromatic N) is 4. The summed E-state index contributed by atoms with van der Waals surface area (Å²) in [5.74, 6) is 0. The van der Waals surface area contributed by atoms with Gasteiger partial charge in [-0.1, -0.05) is 251 Å². The van der Waals surface area contributed by atoms with Gasteiger partial charge in [0.15, 0.2) is 5.58 Å². The summed E-state index contributed by atoms with van der Waals surface area (Å²) >= 11 is 1.91. The van der Waals surface area contributed by atoms with Gasteiger partial charge in [-0.25, -0.2) is 0 Å². The van der Waals surface area contributed by atoms with Gasteiger partial charge in [-0.3, -0.25) is 0 Å². The topological polar surface area (TPSA) is 27.8 Å². The molecule has 15 aromatic carbocycles. The standard InChI is InChI=1S/C94H65BN4OS/c1-94(2,3)67-47-51-81-77(56-67)76-55-64(60-28-10-4-11-29-60)46-50-80(76)97(81)70-48-49-78-82(57-70)99(79-43-25-22-40-73(79)63-34-16-7-17-35-63)84-59-72(96(68-36-18-8-19-37-68)69-38-20-9-21-39-69)58-83-89(84)95(78)90-91(92-87(74-41-23-26-44-85(74)100-92)88-75-42-24-27-45-86(75)101-93(88)90)98(83)71-53-65(61-30-12-5-13-31-61)52-66(54-71)62-32-14-6-15-33-62/h4-59H,1-3H3. The van der Waals surface area contributed by atoms with Crippen LogP contribution in [0, 0.1) is 0 Å². The van der Waals surface area contributed by atoms with Gasteiger partial charge >= 0.3 is 0 Å². The Morgan fingerprint density at radius 3 is 1.55 bits per heavy atom. The molecule has 101 heavy (non-hydrogen) atoms. The molecule has 0 N–H and O–H groups in total. The number of hydrogen-bond acceptors (Lipinski definition) is 5. The number of benzene rings is 15. The first kappa shape index (κ1) is 58.7. The predicted molar refractivity (Wildman–Crippen MR) is 430 cm³/mol. The Labute approximate surface area is 591 Å². The van der Waals surface area contributed by atoms with E-state index in [0.29, 0.717) is 0 Å². The number of fused-ring (bicyclic) bond motifs is 16. The maximum Gasteiger partial charge on any atom is 0.254 e. The van der Waals surface area contributed by atoms with Gasteiger partial charge in [-0.05, 0) is 176 Å². The summed E-state index contributed by atoms with van der Waals surface area (Å²) in [6.45, 7) is 6.63. The summed E-state index contributed by atoms with van der Waals surface area (Å²) in [7, 11) is 0. The lowest BCUT2D eigenvalue weighted by molar-refractivity contribution is 0.591. The van der Waals surface area contributed by atoms with Crippen molar-refractivity contribution in [1.82, 2.24) is 4.57 Å². The van der Waals surface area contributed by atoms with E-state index < -0.39 is 0 Å². The van der Waals surface area contributed by atoms with Crippen LogP contribution >= 0.6 is 11.3 Å². The van der Waals surface area contributed by atoms with Crippen molar-refractivity contribution in [3.8, 4) is 50.2 Å². The van der Waals surface area contributed by atoms with E-state index in [0.717, 1.165) is 123 Å². The molecule has 7 heteroatoms. The molecule has 0 atom stereocenters. The average molecular weight is 1310 g/mol. The van der Waals surface area contributed by atoms with Gasteiger partial charge in [0.1, 0.15) is 5.58 Å². The van der Waals surface area contributed by atoms with Crippen molar-refractivity contribution in [1.29, 1.82) is 0 Å². The summed E-state index contributed by atoms with van der Waals surface area (Å²) in [6.07, 6.45) is 0. The molecule has 2 aliphatic rings. The average Bonchev–Trinajstić information content (AvgIpc) is 1.66. The van der Waals surface area contributed by atoms with E-state index in [4.69, 9.17) is 4.42 Å². The minimum atomic E-state index is -0.327. The van der Waals surface area contributed by atoms with Crippen LogP contribution in [0.3, 0.4) is 0 Å². The van der Waals surface area contributed by atoms with Crippen LogP contribution in [-0.4, -0.2) is 11.3 Å². The van der Waals surface area contributed by atoms with Crippen molar-refractivity contribution in [2.45, 2.75) is 26.2 Å². The Bertz CT molecular complexity index is 6220. The van der Waals surface area contributed by atoms with Crippen molar-refractivity contribution < 1.29 is 4.42 Å². The summed E-state index contributed by atoms with van der Waals surface area (Å²) < 4.78 is 12.7. The fourth-order valence-corrected chi connectivity index (χ4v) is 17.7. The second-order valence-corrected chi connectivity index (χ2v) is 29.0. The third-order valence-corrected chi connectivity index (χ3v) is 22.2. The van der Waals surface area contributed by atoms with Crippen LogP contribution in [0.1, 0.15) is 26.3 Å². The first-order valence-corrected chi connectivity index (χ1v) is 35.7. The first-order valence-electron chi connectivity index (χ1n) is 34.9. The molecule has 0 amide bonds. The highest BCUT2D eigenvalue weighted by molar-refractivity contribution is 7.28. The van der Waals surface area contributed by atoms with Gasteiger partial charge in [0.2, 0.25) is 0 Å². The van der Waals surface area contributed by atoms with Gasteiger partial charge < -0.3 is 23.7 Å². The van der Waals surface area contributed by atoms with Crippen LogP contribution in [0.4, 0.5) is 51.2 Å². The van der Waals surface area contributed by atoms with Gasteiger partial charge in [-0.15, -0.1) is 11.3 Å². The smallest absolute Gasteiger partial charge is 0.254 e. The molecule has 0 radical (unpaired) electrons. The Morgan fingerprint density at radius 1 is 0.356 bits per heavy atom. The molecular weight excluding hydrogens is 1240 g/mol. The monoisotopic (exact) mass is 1310 g/mol. The van der Waals surface area contributed by atoms with Crippen molar-refractivity contribution in [2.75, 3.05) is 14.7 Å². The minimum absolute atomic E-state index is 0.0751. The SMILES string of the molecule is CC(C)(C)c1ccc2c(c1)c1cc(-c3ccccc3)ccc1n2-c1ccc2c(c1)N(c1ccccc1-c1ccccc1)c1cc(N(c3ccccc3)c3ccccc3)cc3c1B2c1c(c2oc4ccccc4c2c2c1sc1ccccc12)N3c1cc(-c2ccccc2)cc(-c2ccccc2)c1. The van der Waals surface area contributed by atoms with Crippen LogP contribution in [-0.2, 0) is 5.41 Å². The highest BCUT2D eigenvalue weighted by Gasteiger charge is 2.48. The maximum atomic E-state index is 7.73. The number of hydrogen-bond donors (Lipinski definition) is 0. The normalized spacial score (nSPS) is 12.6. The lowest BCUT2D eigenvalue weighted by Gasteiger charge is -2.45. The molecule has 5 heterocycles. The Kier molecular flexibility index (Phi) is 13.4. The van der Waals surface area contributed by atoms with E-state index in [2.05, 4.69) is 380 Å². The molecule has 0 fully saturated rings. The molecule has 3 aromatic heterocycles. The third-order valence-electron chi connectivity index (χ3n) is 21.0. The summed E-state index contributed by atoms with van der Waals surface area (Å²) in [5.41, 5.74) is 28.5. The Hall–Kier alpha value is -12.4. The zero-order chi connectivity index (χ0) is 67.0. The highest BCUT2D eigenvalue weighted by Crippen LogP contribution is 2.56. The van der Waals surface area contributed by atoms with Gasteiger partial charge in [0.25, 0.3) is 6.71 Å². The van der Waals surface area contributed by atoms with E-state index in [1.54, 1.807) is 0 Å². The van der Waals surface area contributed by atoms with Gasteiger partial charge in [-0.2, -0.15) is 0 Å². The third kappa shape index (κ3) is 9.38. The fraction of sp³-hybridized carbons (Fsp3) is 0.0426. The molecular formula is C94H65BN4OS. The number of thiophene rings is 1. The van der Waals surface area contributed by atoms with Gasteiger partial charge in [0, 0.05) is 87.1 Å². The summed E-state index contributed by atoms with van der Waals surface area (Å²) in [5, 5.41) is 7.10. The molecule has 0 unspecified atom stereocenters. The molecule has 0 saturated carbocycles. The first-order chi connectivity index (χ1) is 49.8. The molecule has 2 aliphatic heterocycles. The van der Waals surface area contributed by atoms with E-state index in [1.165, 1.54) is 64.0 Å². The fourth-order valence-electron chi connectivity index (χ4n) is 16.5. The number of rotatable bonds is 10. The molecule has 0 saturated heterocycles. The number of furan rings is 1. The number of aromatic nitrogens is 1. The van der Waals surface area contributed by atoms with Gasteiger partial charge in [0.05, 0.1) is 28.1 Å².